The second-order valence-electron chi connectivity index (χ2n) is 5.06. The zero-order valence-corrected chi connectivity index (χ0v) is 11.8. The second-order valence-corrected chi connectivity index (χ2v) is 5.06. The van der Waals surface area contributed by atoms with Gasteiger partial charge in [0.15, 0.2) is 0 Å². The lowest BCUT2D eigenvalue weighted by molar-refractivity contribution is 0.0696. The first-order chi connectivity index (χ1) is 9.59. The molecule has 0 aliphatic rings. The first kappa shape index (κ1) is 14.1. The predicted molar refractivity (Wildman–Crippen MR) is 81.3 cm³/mol. The first-order valence-corrected chi connectivity index (χ1v) is 6.73. The Balaban J connectivity index is 2.20. The third-order valence-electron chi connectivity index (χ3n) is 3.30. The topological polar surface area (TPSA) is 49.3 Å². The standard InChI is InChI=1S/C17H19NO2/c1-12(2)14-8-5-6-10-16(14)18-11-13-7-3-4-9-15(13)17(19)20/h3-10,12,18H,11H2,1-2H3,(H,19,20). The Bertz CT molecular complexity index is 605. The number of anilines is 1. The monoisotopic (exact) mass is 269 g/mol. The van der Waals surface area contributed by atoms with E-state index in [1.807, 2.05) is 30.3 Å². The summed E-state index contributed by atoms with van der Waals surface area (Å²) >= 11 is 0. The van der Waals surface area contributed by atoms with E-state index in [0.717, 1.165) is 11.3 Å². The van der Waals surface area contributed by atoms with E-state index in [9.17, 15) is 9.90 Å². The second kappa shape index (κ2) is 6.24. The molecule has 3 nitrogen and oxygen atoms in total. The third kappa shape index (κ3) is 3.18. The van der Waals surface area contributed by atoms with Crippen molar-refractivity contribution in [1.29, 1.82) is 0 Å². The molecule has 0 saturated carbocycles. The minimum atomic E-state index is -0.889. The van der Waals surface area contributed by atoms with Crippen molar-refractivity contribution < 1.29 is 9.90 Å². The van der Waals surface area contributed by atoms with Crippen LogP contribution in [0, 0.1) is 0 Å². The number of hydrogen-bond donors (Lipinski definition) is 2. The Morgan fingerprint density at radius 3 is 2.45 bits per heavy atom. The van der Waals surface area contributed by atoms with Gasteiger partial charge < -0.3 is 10.4 Å². The van der Waals surface area contributed by atoms with Gasteiger partial charge in [-0.05, 0) is 29.2 Å². The van der Waals surface area contributed by atoms with Crippen molar-refractivity contribution in [2.75, 3.05) is 5.32 Å². The molecule has 0 aliphatic heterocycles. The van der Waals surface area contributed by atoms with Gasteiger partial charge in [0, 0.05) is 12.2 Å². The molecular weight excluding hydrogens is 250 g/mol. The van der Waals surface area contributed by atoms with E-state index in [4.69, 9.17) is 0 Å². The highest BCUT2D eigenvalue weighted by Crippen LogP contribution is 2.24. The molecule has 0 amide bonds. The van der Waals surface area contributed by atoms with Gasteiger partial charge in [0.1, 0.15) is 0 Å². The van der Waals surface area contributed by atoms with Gasteiger partial charge >= 0.3 is 5.97 Å². The lowest BCUT2D eigenvalue weighted by atomic mass is 10.0. The Morgan fingerprint density at radius 2 is 1.75 bits per heavy atom. The van der Waals surface area contributed by atoms with Gasteiger partial charge in [-0.25, -0.2) is 4.79 Å². The Hall–Kier alpha value is -2.29. The van der Waals surface area contributed by atoms with Gasteiger partial charge in [0.25, 0.3) is 0 Å². The molecule has 0 unspecified atom stereocenters. The molecule has 3 heteroatoms. The molecule has 2 aromatic rings. The molecule has 20 heavy (non-hydrogen) atoms. The normalized spacial score (nSPS) is 10.6. The Labute approximate surface area is 119 Å². The molecule has 0 radical (unpaired) electrons. The van der Waals surface area contributed by atoms with Crippen LogP contribution < -0.4 is 5.32 Å². The van der Waals surface area contributed by atoms with E-state index < -0.39 is 5.97 Å². The summed E-state index contributed by atoms with van der Waals surface area (Å²) in [6.45, 7) is 4.80. The first-order valence-electron chi connectivity index (χ1n) is 6.73. The summed E-state index contributed by atoms with van der Waals surface area (Å²) < 4.78 is 0. The maximum absolute atomic E-state index is 11.2. The van der Waals surface area contributed by atoms with Crippen molar-refractivity contribution in [2.24, 2.45) is 0 Å². The number of aromatic carboxylic acids is 1. The summed E-state index contributed by atoms with van der Waals surface area (Å²) in [5, 5.41) is 12.5. The number of hydrogen-bond acceptors (Lipinski definition) is 2. The highest BCUT2D eigenvalue weighted by Gasteiger charge is 2.10. The average molecular weight is 269 g/mol. The maximum Gasteiger partial charge on any atom is 0.336 e. The lowest BCUT2D eigenvalue weighted by Gasteiger charge is -2.15. The summed E-state index contributed by atoms with van der Waals surface area (Å²) in [6.07, 6.45) is 0. The largest absolute Gasteiger partial charge is 0.478 e. The van der Waals surface area contributed by atoms with Gasteiger partial charge in [-0.15, -0.1) is 0 Å². The van der Waals surface area contributed by atoms with Crippen molar-refractivity contribution in [3.63, 3.8) is 0 Å². The maximum atomic E-state index is 11.2. The number of carboxylic acid groups (broad SMARTS) is 1. The molecule has 2 rings (SSSR count). The number of benzene rings is 2. The van der Waals surface area contributed by atoms with Crippen LogP contribution in [0.25, 0.3) is 0 Å². The molecule has 0 bridgehead atoms. The van der Waals surface area contributed by atoms with Crippen molar-refractivity contribution in [3.8, 4) is 0 Å². The molecule has 0 spiro atoms. The van der Waals surface area contributed by atoms with E-state index in [1.54, 1.807) is 12.1 Å². The SMILES string of the molecule is CC(C)c1ccccc1NCc1ccccc1C(=O)O. The summed E-state index contributed by atoms with van der Waals surface area (Å²) in [7, 11) is 0. The number of para-hydroxylation sites is 1. The van der Waals surface area contributed by atoms with E-state index in [-0.39, 0.29) is 0 Å². The Kier molecular flexibility index (Phi) is 4.41. The van der Waals surface area contributed by atoms with E-state index in [2.05, 4.69) is 25.2 Å². The fraction of sp³-hybridized carbons (Fsp3) is 0.235. The van der Waals surface area contributed by atoms with Crippen LogP contribution in [0.15, 0.2) is 48.5 Å². The molecular formula is C17H19NO2. The third-order valence-corrected chi connectivity index (χ3v) is 3.30. The van der Waals surface area contributed by atoms with E-state index >= 15 is 0 Å². The van der Waals surface area contributed by atoms with Crippen LogP contribution >= 0.6 is 0 Å². The molecule has 0 aliphatic carbocycles. The summed E-state index contributed by atoms with van der Waals surface area (Å²) in [6, 6.07) is 15.2. The van der Waals surface area contributed by atoms with E-state index in [1.165, 1.54) is 5.56 Å². The van der Waals surface area contributed by atoms with Crippen molar-refractivity contribution >= 4 is 11.7 Å². The van der Waals surface area contributed by atoms with Gasteiger partial charge in [0.05, 0.1) is 5.56 Å². The van der Waals surface area contributed by atoms with Gasteiger partial charge in [-0.2, -0.15) is 0 Å². The van der Waals surface area contributed by atoms with Crippen LogP contribution in [0.1, 0.15) is 41.3 Å². The highest BCUT2D eigenvalue weighted by atomic mass is 16.4. The number of carbonyl (C=O) groups is 1. The van der Waals surface area contributed by atoms with Crippen LogP contribution in [0.4, 0.5) is 5.69 Å². The smallest absolute Gasteiger partial charge is 0.336 e. The van der Waals surface area contributed by atoms with Crippen LogP contribution in [0.2, 0.25) is 0 Å². The molecule has 0 aromatic heterocycles. The molecule has 0 atom stereocenters. The Morgan fingerprint density at radius 1 is 1.10 bits per heavy atom. The van der Waals surface area contributed by atoms with Crippen molar-refractivity contribution in [1.82, 2.24) is 0 Å². The summed E-state index contributed by atoms with van der Waals surface area (Å²) in [5.41, 5.74) is 3.43. The predicted octanol–water partition coefficient (Wildman–Crippen LogP) is 4.12. The van der Waals surface area contributed by atoms with Crippen LogP contribution in [-0.2, 0) is 6.54 Å². The van der Waals surface area contributed by atoms with Crippen molar-refractivity contribution in [2.45, 2.75) is 26.3 Å². The highest BCUT2D eigenvalue weighted by molar-refractivity contribution is 5.89. The van der Waals surface area contributed by atoms with Crippen LogP contribution in [0.5, 0.6) is 0 Å². The van der Waals surface area contributed by atoms with Gasteiger partial charge in [-0.3, -0.25) is 0 Å². The number of carboxylic acids is 1. The fourth-order valence-corrected chi connectivity index (χ4v) is 2.23. The van der Waals surface area contributed by atoms with Crippen LogP contribution in [0.3, 0.4) is 0 Å². The molecule has 2 aromatic carbocycles. The summed E-state index contributed by atoms with van der Waals surface area (Å²) in [4.78, 5) is 11.2. The van der Waals surface area contributed by atoms with Gasteiger partial charge in [-0.1, -0.05) is 50.2 Å². The fourth-order valence-electron chi connectivity index (χ4n) is 2.23. The number of rotatable bonds is 5. The van der Waals surface area contributed by atoms with E-state index in [0.29, 0.717) is 18.0 Å². The number of nitrogens with one attached hydrogen (secondary N) is 1. The zero-order valence-electron chi connectivity index (χ0n) is 11.8. The van der Waals surface area contributed by atoms with Crippen molar-refractivity contribution in [3.05, 3.63) is 65.2 Å². The summed E-state index contributed by atoms with van der Waals surface area (Å²) in [5.74, 6) is -0.465. The van der Waals surface area contributed by atoms with Gasteiger partial charge in [0.2, 0.25) is 0 Å². The lowest BCUT2D eigenvalue weighted by Crippen LogP contribution is -2.08. The average Bonchev–Trinajstić information content (AvgIpc) is 2.45. The molecule has 2 N–H and O–H groups in total. The van der Waals surface area contributed by atoms with Crippen LogP contribution in [-0.4, -0.2) is 11.1 Å². The minimum absolute atomic E-state index is 0.349. The molecule has 0 heterocycles. The zero-order chi connectivity index (χ0) is 14.5. The molecule has 0 fully saturated rings. The minimum Gasteiger partial charge on any atom is -0.478 e. The molecule has 104 valence electrons. The molecule has 0 saturated heterocycles. The quantitative estimate of drug-likeness (QED) is 0.858.